The topological polar surface area (TPSA) is 35.5 Å². The van der Waals surface area contributed by atoms with Crippen molar-refractivity contribution in [3.63, 3.8) is 0 Å². The monoisotopic (exact) mass is 170 g/mol. The molecule has 0 fully saturated rings. The molecule has 1 aromatic rings. The highest BCUT2D eigenvalue weighted by Gasteiger charge is 2.13. The first kappa shape index (κ1) is 6.89. The second kappa shape index (κ2) is 2.68. The summed E-state index contributed by atoms with van der Waals surface area (Å²) < 4.78 is 20.6. The van der Waals surface area contributed by atoms with Gasteiger partial charge in [0.2, 0.25) is 0 Å². The summed E-state index contributed by atoms with van der Waals surface area (Å²) in [5.41, 5.74) is 0.956. The lowest BCUT2D eigenvalue weighted by molar-refractivity contribution is 0.253. The Morgan fingerprint density at radius 1 is 1.36 bits per heavy atom. The molecule has 0 N–H and O–H groups in total. The maximum atomic E-state index is 10.8. The van der Waals surface area contributed by atoms with Crippen molar-refractivity contribution in [2.24, 2.45) is 0 Å². The highest BCUT2D eigenvalue weighted by Crippen LogP contribution is 2.37. The molecule has 11 heavy (non-hydrogen) atoms. The van der Waals surface area contributed by atoms with E-state index in [0.29, 0.717) is 12.4 Å². The predicted octanol–water partition coefficient (Wildman–Crippen LogP) is 1.99. The third-order valence-electron chi connectivity index (χ3n) is 1.51. The van der Waals surface area contributed by atoms with E-state index in [1.165, 1.54) is 0 Å². The number of fused-ring (bicyclic) bond motifs is 1. The largest absolute Gasteiger partial charge is 0.426 e. The zero-order valence-electron chi connectivity index (χ0n) is 5.74. The van der Waals surface area contributed by atoms with Crippen LogP contribution in [0.1, 0.15) is 5.56 Å². The van der Waals surface area contributed by atoms with Gasteiger partial charge < -0.3 is 4.52 Å². The van der Waals surface area contributed by atoms with Gasteiger partial charge in [0, 0.05) is 5.56 Å². The number of para-hydroxylation sites is 1. The summed E-state index contributed by atoms with van der Waals surface area (Å²) in [5.74, 6) is 0.683. The standard InChI is InChI=1S/C7H7O3P/c8-11-9-5-6-3-1-2-4-7(6)10-11/h1-4,11H,5H2. The van der Waals surface area contributed by atoms with Gasteiger partial charge in [-0.15, -0.1) is 0 Å². The fraction of sp³-hybridized carbons (Fsp3) is 0.143. The van der Waals surface area contributed by atoms with Crippen LogP contribution in [0.15, 0.2) is 24.3 Å². The quantitative estimate of drug-likeness (QED) is 0.558. The van der Waals surface area contributed by atoms with Gasteiger partial charge in [0.15, 0.2) is 0 Å². The summed E-state index contributed by atoms with van der Waals surface area (Å²) in [5, 5.41) is 0. The molecule has 1 unspecified atom stereocenters. The van der Waals surface area contributed by atoms with E-state index in [-0.39, 0.29) is 0 Å². The molecule has 0 aromatic heterocycles. The second-order valence-corrected chi connectivity index (χ2v) is 3.24. The average molecular weight is 170 g/mol. The molecule has 1 aliphatic heterocycles. The van der Waals surface area contributed by atoms with Crippen molar-refractivity contribution in [1.29, 1.82) is 0 Å². The molecule has 1 atom stereocenters. The van der Waals surface area contributed by atoms with Gasteiger partial charge in [0.25, 0.3) is 0 Å². The Morgan fingerprint density at radius 3 is 3.09 bits per heavy atom. The van der Waals surface area contributed by atoms with Crippen LogP contribution in [-0.4, -0.2) is 0 Å². The summed E-state index contributed by atoms with van der Waals surface area (Å²) in [6.07, 6.45) is 0. The first-order chi connectivity index (χ1) is 5.36. The molecule has 0 amide bonds. The van der Waals surface area contributed by atoms with Crippen molar-refractivity contribution in [2.75, 3.05) is 0 Å². The van der Waals surface area contributed by atoms with Gasteiger partial charge in [0.05, 0.1) is 6.61 Å². The summed E-state index contributed by atoms with van der Waals surface area (Å²) >= 11 is 0. The Morgan fingerprint density at radius 2 is 2.18 bits per heavy atom. The van der Waals surface area contributed by atoms with E-state index in [0.717, 1.165) is 5.56 Å². The van der Waals surface area contributed by atoms with Gasteiger partial charge in [0.1, 0.15) is 5.75 Å². The predicted molar refractivity (Wildman–Crippen MR) is 40.9 cm³/mol. The number of hydrogen-bond acceptors (Lipinski definition) is 3. The number of rotatable bonds is 0. The molecule has 4 heteroatoms. The minimum absolute atomic E-state index is 0.397. The zero-order chi connectivity index (χ0) is 7.68. The van der Waals surface area contributed by atoms with Crippen molar-refractivity contribution in [1.82, 2.24) is 0 Å². The van der Waals surface area contributed by atoms with E-state index in [9.17, 15) is 4.57 Å². The maximum absolute atomic E-state index is 10.8. The lowest BCUT2D eigenvalue weighted by Crippen LogP contribution is -1.98. The smallest absolute Gasteiger partial charge is 0.368 e. The van der Waals surface area contributed by atoms with Crippen LogP contribution in [0.3, 0.4) is 0 Å². The van der Waals surface area contributed by atoms with Crippen LogP contribution >= 0.6 is 8.25 Å². The Kier molecular flexibility index (Phi) is 1.68. The molecule has 0 aliphatic carbocycles. The molecule has 3 nitrogen and oxygen atoms in total. The lowest BCUT2D eigenvalue weighted by Gasteiger charge is -2.15. The van der Waals surface area contributed by atoms with Crippen molar-refractivity contribution in [3.8, 4) is 5.75 Å². The molecule has 0 saturated heterocycles. The van der Waals surface area contributed by atoms with E-state index in [1.54, 1.807) is 6.07 Å². The van der Waals surface area contributed by atoms with Crippen molar-refractivity contribution < 1.29 is 13.6 Å². The minimum Gasteiger partial charge on any atom is -0.426 e. The molecule has 0 spiro atoms. The fourth-order valence-corrected chi connectivity index (χ4v) is 1.69. The Labute approximate surface area is 64.9 Å². The normalized spacial score (nSPS) is 22.0. The molecule has 0 bridgehead atoms. The molecule has 0 saturated carbocycles. The van der Waals surface area contributed by atoms with Crippen LogP contribution in [0.4, 0.5) is 0 Å². The maximum Gasteiger partial charge on any atom is 0.368 e. The third-order valence-corrected chi connectivity index (χ3v) is 2.28. The van der Waals surface area contributed by atoms with Gasteiger partial charge >= 0.3 is 8.25 Å². The van der Waals surface area contributed by atoms with Crippen LogP contribution in [0.2, 0.25) is 0 Å². The average Bonchev–Trinajstić information content (AvgIpc) is 2.04. The van der Waals surface area contributed by atoms with Crippen molar-refractivity contribution in [2.45, 2.75) is 6.61 Å². The molecule has 58 valence electrons. The van der Waals surface area contributed by atoms with Gasteiger partial charge in [-0.25, -0.2) is 4.57 Å². The Balaban J connectivity index is 2.41. The summed E-state index contributed by atoms with van der Waals surface area (Å²) in [7, 11) is -2.25. The first-order valence-corrected chi connectivity index (χ1v) is 4.51. The van der Waals surface area contributed by atoms with Crippen LogP contribution in [0.25, 0.3) is 0 Å². The van der Waals surface area contributed by atoms with Crippen LogP contribution in [0.5, 0.6) is 5.75 Å². The minimum atomic E-state index is -2.25. The van der Waals surface area contributed by atoms with Crippen LogP contribution in [0, 0.1) is 0 Å². The molecule has 1 aliphatic rings. The summed E-state index contributed by atoms with van der Waals surface area (Å²) in [6, 6.07) is 7.43. The highest BCUT2D eigenvalue weighted by molar-refractivity contribution is 7.33. The van der Waals surface area contributed by atoms with E-state index in [1.807, 2.05) is 18.2 Å². The highest BCUT2D eigenvalue weighted by atomic mass is 31.1. The van der Waals surface area contributed by atoms with Crippen LogP contribution < -0.4 is 4.52 Å². The van der Waals surface area contributed by atoms with E-state index >= 15 is 0 Å². The van der Waals surface area contributed by atoms with E-state index < -0.39 is 8.25 Å². The van der Waals surface area contributed by atoms with Gasteiger partial charge in [-0.1, -0.05) is 18.2 Å². The lowest BCUT2D eigenvalue weighted by atomic mass is 10.2. The Bertz CT molecular complexity index is 297. The molecule has 2 rings (SSSR count). The van der Waals surface area contributed by atoms with Gasteiger partial charge in [-0.3, -0.25) is 4.52 Å². The van der Waals surface area contributed by atoms with Gasteiger partial charge in [-0.05, 0) is 6.07 Å². The zero-order valence-corrected chi connectivity index (χ0v) is 6.74. The van der Waals surface area contributed by atoms with Crippen LogP contribution in [-0.2, 0) is 15.7 Å². The van der Waals surface area contributed by atoms with Crippen molar-refractivity contribution in [3.05, 3.63) is 29.8 Å². The summed E-state index contributed by atoms with van der Waals surface area (Å²) in [6.45, 7) is 0.397. The molecule has 1 heterocycles. The molecular weight excluding hydrogens is 163 g/mol. The fourth-order valence-electron chi connectivity index (χ4n) is 0.979. The number of benzene rings is 1. The first-order valence-electron chi connectivity index (χ1n) is 3.29. The van der Waals surface area contributed by atoms with E-state index in [2.05, 4.69) is 0 Å². The third kappa shape index (κ3) is 1.30. The van der Waals surface area contributed by atoms with Crippen molar-refractivity contribution >= 4 is 8.25 Å². The molecule has 0 radical (unpaired) electrons. The number of hydrogen-bond donors (Lipinski definition) is 0. The second-order valence-electron chi connectivity index (χ2n) is 2.25. The Hall–Kier alpha value is -0.790. The molecular formula is C7H7O3P. The van der Waals surface area contributed by atoms with Gasteiger partial charge in [-0.2, -0.15) is 0 Å². The summed E-state index contributed by atoms with van der Waals surface area (Å²) in [4.78, 5) is 0. The molecule has 1 aromatic carbocycles. The SMILES string of the molecule is O=[PH]1OCc2ccccc2O1. The van der Waals surface area contributed by atoms with E-state index in [4.69, 9.17) is 9.05 Å².